The highest BCUT2D eigenvalue weighted by Gasteiger charge is 2.37. The first kappa shape index (κ1) is 23.2. The number of piperazine rings is 1. The van der Waals surface area contributed by atoms with E-state index in [4.69, 9.17) is 10.00 Å². The van der Waals surface area contributed by atoms with Crippen LogP contribution in [0, 0.1) is 17.2 Å². The van der Waals surface area contributed by atoms with Crippen molar-refractivity contribution in [2.75, 3.05) is 39.3 Å². The van der Waals surface area contributed by atoms with E-state index in [1.807, 2.05) is 12.1 Å². The SMILES string of the molecule is CC(C)CC(OC[C@]1(N2CCNCC2)C=CC(c2ccccc2)=CC1)C(=O)NCC#N. The van der Waals surface area contributed by atoms with Gasteiger partial charge in [0.15, 0.2) is 0 Å². The molecule has 0 spiro atoms. The van der Waals surface area contributed by atoms with Crippen LogP contribution in [0.3, 0.4) is 0 Å². The Hall–Kier alpha value is -2.46. The van der Waals surface area contributed by atoms with E-state index in [0.717, 1.165) is 32.6 Å². The molecule has 3 rings (SSSR count). The van der Waals surface area contributed by atoms with Gasteiger partial charge < -0.3 is 15.4 Å². The number of hydrogen-bond acceptors (Lipinski definition) is 5. The van der Waals surface area contributed by atoms with Gasteiger partial charge >= 0.3 is 0 Å². The summed E-state index contributed by atoms with van der Waals surface area (Å²) in [6, 6.07) is 12.4. The fraction of sp³-hybridized carbons (Fsp3) is 0.520. The minimum absolute atomic E-state index is 0.00278. The minimum atomic E-state index is -0.555. The van der Waals surface area contributed by atoms with Crippen molar-refractivity contribution in [3.63, 3.8) is 0 Å². The van der Waals surface area contributed by atoms with Gasteiger partial charge in [-0.1, -0.05) is 62.4 Å². The number of allylic oxidation sites excluding steroid dienone is 2. The summed E-state index contributed by atoms with van der Waals surface area (Å²) in [5, 5.41) is 14.9. The van der Waals surface area contributed by atoms with E-state index in [2.05, 4.69) is 71.9 Å². The summed E-state index contributed by atoms with van der Waals surface area (Å²) in [6.07, 6.45) is 7.65. The highest BCUT2D eigenvalue weighted by molar-refractivity contribution is 5.81. The van der Waals surface area contributed by atoms with Gasteiger partial charge in [0.1, 0.15) is 12.6 Å². The van der Waals surface area contributed by atoms with E-state index in [9.17, 15) is 4.79 Å². The van der Waals surface area contributed by atoms with Gasteiger partial charge in [0.05, 0.1) is 18.2 Å². The summed E-state index contributed by atoms with van der Waals surface area (Å²) < 4.78 is 6.28. The first-order valence-electron chi connectivity index (χ1n) is 11.2. The Labute approximate surface area is 186 Å². The molecule has 1 aromatic carbocycles. The fourth-order valence-electron chi connectivity index (χ4n) is 4.22. The van der Waals surface area contributed by atoms with Crippen LogP contribution in [-0.2, 0) is 9.53 Å². The molecular formula is C25H34N4O2. The zero-order valence-corrected chi connectivity index (χ0v) is 18.6. The molecule has 0 aromatic heterocycles. The predicted octanol–water partition coefficient (Wildman–Crippen LogP) is 2.74. The van der Waals surface area contributed by atoms with Gasteiger partial charge in [0, 0.05) is 26.2 Å². The molecule has 31 heavy (non-hydrogen) atoms. The second-order valence-electron chi connectivity index (χ2n) is 8.71. The lowest BCUT2D eigenvalue weighted by Crippen LogP contribution is -2.58. The first-order chi connectivity index (χ1) is 15.0. The third-order valence-electron chi connectivity index (χ3n) is 5.96. The van der Waals surface area contributed by atoms with E-state index < -0.39 is 6.10 Å². The highest BCUT2D eigenvalue weighted by atomic mass is 16.5. The van der Waals surface area contributed by atoms with Crippen LogP contribution in [0.4, 0.5) is 0 Å². The van der Waals surface area contributed by atoms with Crippen molar-refractivity contribution in [3.8, 4) is 6.07 Å². The summed E-state index contributed by atoms with van der Waals surface area (Å²) >= 11 is 0. The van der Waals surface area contributed by atoms with E-state index in [0.29, 0.717) is 18.9 Å². The van der Waals surface area contributed by atoms with Crippen LogP contribution in [0.15, 0.2) is 48.6 Å². The maximum atomic E-state index is 12.6. The number of benzene rings is 1. The quantitative estimate of drug-likeness (QED) is 0.599. The number of carbonyl (C=O) groups excluding carboxylic acids is 1. The molecule has 2 aliphatic rings. The molecule has 1 aliphatic heterocycles. The molecule has 0 radical (unpaired) electrons. The van der Waals surface area contributed by atoms with Crippen LogP contribution in [-0.4, -0.2) is 61.8 Å². The minimum Gasteiger partial charge on any atom is -0.366 e. The van der Waals surface area contributed by atoms with E-state index in [-0.39, 0.29) is 18.0 Å². The molecule has 1 amide bonds. The zero-order chi connectivity index (χ0) is 22.1. The number of carbonyl (C=O) groups is 1. The van der Waals surface area contributed by atoms with Crippen LogP contribution in [0.5, 0.6) is 0 Å². The lowest BCUT2D eigenvalue weighted by Gasteiger charge is -2.45. The molecule has 1 heterocycles. The predicted molar refractivity (Wildman–Crippen MR) is 123 cm³/mol. The number of nitrogens with zero attached hydrogens (tertiary/aromatic N) is 2. The van der Waals surface area contributed by atoms with Crippen molar-refractivity contribution < 1.29 is 9.53 Å². The molecule has 2 N–H and O–H groups in total. The van der Waals surface area contributed by atoms with Gasteiger partial charge in [-0.15, -0.1) is 0 Å². The Balaban J connectivity index is 1.76. The fourth-order valence-corrected chi connectivity index (χ4v) is 4.22. The molecule has 1 aromatic rings. The molecule has 6 nitrogen and oxygen atoms in total. The van der Waals surface area contributed by atoms with Crippen molar-refractivity contribution in [1.29, 1.82) is 5.26 Å². The summed E-state index contributed by atoms with van der Waals surface area (Å²) in [4.78, 5) is 15.1. The molecule has 1 unspecified atom stereocenters. The summed E-state index contributed by atoms with van der Waals surface area (Å²) in [7, 11) is 0. The Morgan fingerprint density at radius 2 is 2.03 bits per heavy atom. The van der Waals surface area contributed by atoms with E-state index in [1.165, 1.54) is 11.1 Å². The largest absolute Gasteiger partial charge is 0.366 e. The van der Waals surface area contributed by atoms with Crippen molar-refractivity contribution in [2.24, 2.45) is 5.92 Å². The number of rotatable bonds is 9. The van der Waals surface area contributed by atoms with Crippen molar-refractivity contribution in [3.05, 3.63) is 54.1 Å². The Bertz CT molecular complexity index is 822. The maximum absolute atomic E-state index is 12.6. The Kier molecular flexibility index (Phi) is 8.42. The third kappa shape index (κ3) is 6.27. The van der Waals surface area contributed by atoms with Gasteiger partial charge in [0.25, 0.3) is 0 Å². The van der Waals surface area contributed by atoms with Crippen LogP contribution in [0.2, 0.25) is 0 Å². The molecule has 1 fully saturated rings. The second kappa shape index (κ2) is 11.2. The maximum Gasteiger partial charge on any atom is 0.249 e. The molecule has 166 valence electrons. The average Bonchev–Trinajstić information content (AvgIpc) is 2.81. The van der Waals surface area contributed by atoms with Gasteiger partial charge in [-0.2, -0.15) is 5.26 Å². The van der Waals surface area contributed by atoms with Crippen molar-refractivity contribution in [2.45, 2.75) is 38.3 Å². The lowest BCUT2D eigenvalue weighted by molar-refractivity contribution is -0.136. The van der Waals surface area contributed by atoms with Gasteiger partial charge in [-0.05, 0) is 29.9 Å². The number of hydrogen-bond donors (Lipinski definition) is 2. The summed E-state index contributed by atoms with van der Waals surface area (Å²) in [5.41, 5.74) is 2.16. The molecule has 1 saturated heterocycles. The average molecular weight is 423 g/mol. The van der Waals surface area contributed by atoms with Crippen LogP contribution in [0.25, 0.3) is 5.57 Å². The van der Waals surface area contributed by atoms with E-state index in [1.54, 1.807) is 0 Å². The van der Waals surface area contributed by atoms with E-state index >= 15 is 0 Å². The number of nitrogens with one attached hydrogen (secondary N) is 2. The van der Waals surface area contributed by atoms with Crippen molar-refractivity contribution >= 4 is 11.5 Å². The second-order valence-corrected chi connectivity index (χ2v) is 8.71. The molecule has 6 heteroatoms. The number of nitriles is 1. The molecule has 2 atom stereocenters. The van der Waals surface area contributed by atoms with Crippen LogP contribution >= 0.6 is 0 Å². The molecule has 0 saturated carbocycles. The monoisotopic (exact) mass is 422 g/mol. The Morgan fingerprint density at radius 3 is 2.65 bits per heavy atom. The Morgan fingerprint density at radius 1 is 1.29 bits per heavy atom. The van der Waals surface area contributed by atoms with Gasteiger partial charge in [-0.25, -0.2) is 0 Å². The van der Waals surface area contributed by atoms with Crippen LogP contribution in [0.1, 0.15) is 32.3 Å². The summed E-state index contributed by atoms with van der Waals surface area (Å²) in [6.45, 7) is 8.38. The number of ether oxygens (including phenoxy) is 1. The van der Waals surface area contributed by atoms with Gasteiger partial charge in [-0.3, -0.25) is 9.69 Å². The normalized spacial score (nSPS) is 22.6. The lowest BCUT2D eigenvalue weighted by atomic mass is 9.85. The highest BCUT2D eigenvalue weighted by Crippen LogP contribution is 2.32. The molecule has 0 bridgehead atoms. The van der Waals surface area contributed by atoms with Crippen LogP contribution < -0.4 is 10.6 Å². The third-order valence-corrected chi connectivity index (χ3v) is 5.96. The summed E-state index contributed by atoms with van der Waals surface area (Å²) in [5.74, 6) is 0.116. The molecule has 1 aliphatic carbocycles. The standard InChI is InChI=1S/C25H34N4O2/c1-20(2)18-23(24(30)28-13-12-26)31-19-25(29-16-14-27-15-17-29)10-8-22(9-11-25)21-6-4-3-5-7-21/h3-10,20,23,27H,11,13-19H2,1-2H3,(H,28,30)/t23?,25-/m0/s1. The van der Waals surface area contributed by atoms with Crippen molar-refractivity contribution in [1.82, 2.24) is 15.5 Å². The first-order valence-corrected chi connectivity index (χ1v) is 11.2. The van der Waals surface area contributed by atoms with Gasteiger partial charge in [0.2, 0.25) is 5.91 Å². The smallest absolute Gasteiger partial charge is 0.249 e. The number of amides is 1. The topological polar surface area (TPSA) is 77.4 Å². The zero-order valence-electron chi connectivity index (χ0n) is 18.6. The molecular weight excluding hydrogens is 388 g/mol.